The van der Waals surface area contributed by atoms with E-state index < -0.39 is 0 Å². The number of nitrogens with one attached hydrogen (secondary N) is 1. The molecule has 106 valence electrons. The molecule has 0 spiro atoms. The number of aromatic nitrogens is 2. The normalized spacial score (nSPS) is 18.4. The summed E-state index contributed by atoms with van der Waals surface area (Å²) >= 11 is 0. The van der Waals surface area contributed by atoms with Crippen LogP contribution in [0, 0.1) is 0 Å². The van der Waals surface area contributed by atoms with Crippen LogP contribution in [-0.2, 0) is 0 Å². The molecular formula is C13H16N4O3. The Morgan fingerprint density at radius 3 is 3.10 bits per heavy atom. The van der Waals surface area contributed by atoms with Crippen LogP contribution in [0.1, 0.15) is 28.6 Å². The van der Waals surface area contributed by atoms with Gasteiger partial charge in [-0.3, -0.25) is 9.89 Å². The third kappa shape index (κ3) is 2.11. The van der Waals surface area contributed by atoms with E-state index in [1.54, 1.807) is 23.2 Å². The Balaban J connectivity index is 1.71. The van der Waals surface area contributed by atoms with E-state index in [9.17, 15) is 4.79 Å². The lowest BCUT2D eigenvalue weighted by Gasteiger charge is -2.14. The topological polar surface area (TPSA) is 97.4 Å². The Morgan fingerprint density at radius 1 is 1.60 bits per heavy atom. The molecule has 1 amide bonds. The Bertz CT molecular complexity index is 619. The highest BCUT2D eigenvalue weighted by atomic mass is 16.6. The highest BCUT2D eigenvalue weighted by molar-refractivity contribution is 5.91. The van der Waals surface area contributed by atoms with Gasteiger partial charge < -0.3 is 19.8 Å². The lowest BCUT2D eigenvalue weighted by molar-refractivity contribution is 0.0752. The fraction of sp³-hybridized carbons (Fsp3) is 0.385. The van der Waals surface area contributed by atoms with E-state index in [4.69, 9.17) is 14.9 Å². The first-order chi connectivity index (χ1) is 9.69. The molecule has 0 aromatic carbocycles. The third-order valence-electron chi connectivity index (χ3n) is 3.58. The molecule has 7 heteroatoms. The number of H-pyrrole nitrogens is 1. The number of nitrogens with two attached hydrogens (primary N) is 1. The van der Waals surface area contributed by atoms with E-state index in [0.717, 1.165) is 12.1 Å². The number of likely N-dealkylation sites (tertiary alicyclic amines) is 1. The maximum atomic E-state index is 12.3. The van der Waals surface area contributed by atoms with Crippen LogP contribution in [-0.4, -0.2) is 41.2 Å². The number of hydrogen-bond acceptors (Lipinski definition) is 5. The predicted octanol–water partition coefficient (Wildman–Crippen LogP) is 1.22. The van der Waals surface area contributed by atoms with Crippen molar-refractivity contribution in [3.8, 4) is 5.95 Å². The number of furan rings is 1. The summed E-state index contributed by atoms with van der Waals surface area (Å²) < 4.78 is 10.2. The second-order valence-electron chi connectivity index (χ2n) is 4.80. The molecule has 20 heavy (non-hydrogen) atoms. The summed E-state index contributed by atoms with van der Waals surface area (Å²) in [7, 11) is 1.50. The van der Waals surface area contributed by atoms with Crippen molar-refractivity contribution in [3.05, 3.63) is 29.8 Å². The minimum absolute atomic E-state index is 0.131. The van der Waals surface area contributed by atoms with Crippen molar-refractivity contribution < 1.29 is 13.9 Å². The fourth-order valence-corrected chi connectivity index (χ4v) is 2.51. The number of carbonyl (C=O) groups excluding carboxylic acids is 1. The van der Waals surface area contributed by atoms with Gasteiger partial charge in [0.2, 0.25) is 0 Å². The fourth-order valence-electron chi connectivity index (χ4n) is 2.51. The molecule has 2 aromatic heterocycles. The molecule has 3 heterocycles. The average molecular weight is 276 g/mol. The Kier molecular flexibility index (Phi) is 3.09. The molecule has 0 aliphatic carbocycles. The van der Waals surface area contributed by atoms with Gasteiger partial charge in [-0.2, -0.15) is 5.10 Å². The summed E-state index contributed by atoms with van der Waals surface area (Å²) in [4.78, 5) is 14.0. The van der Waals surface area contributed by atoms with Gasteiger partial charge in [0.05, 0.1) is 24.7 Å². The van der Waals surface area contributed by atoms with Crippen LogP contribution >= 0.6 is 0 Å². The number of nitrogens with zero attached hydrogens (tertiary/aromatic N) is 2. The summed E-state index contributed by atoms with van der Waals surface area (Å²) in [6, 6.07) is 3.26. The van der Waals surface area contributed by atoms with Gasteiger partial charge in [0.25, 0.3) is 11.9 Å². The number of rotatable bonds is 3. The number of nitrogen functional groups attached to an aromatic ring is 1. The van der Waals surface area contributed by atoms with Crippen LogP contribution in [0.4, 0.5) is 5.69 Å². The van der Waals surface area contributed by atoms with Crippen molar-refractivity contribution in [2.45, 2.75) is 12.3 Å². The van der Waals surface area contributed by atoms with Crippen molar-refractivity contribution in [1.82, 2.24) is 15.1 Å². The maximum absolute atomic E-state index is 12.3. The van der Waals surface area contributed by atoms with Crippen LogP contribution < -0.4 is 10.5 Å². The van der Waals surface area contributed by atoms with Gasteiger partial charge >= 0.3 is 0 Å². The zero-order valence-corrected chi connectivity index (χ0v) is 11.1. The van der Waals surface area contributed by atoms with E-state index in [2.05, 4.69) is 10.2 Å². The van der Waals surface area contributed by atoms with Crippen LogP contribution in [0.25, 0.3) is 0 Å². The SMILES string of the molecule is COc1ccc(C(=O)N2CCC(c3[nH]ncc3N)C2)o1. The molecule has 2 aromatic rings. The standard InChI is InChI=1S/C13H16N4O3/c1-19-11-3-2-10(20-11)13(18)17-5-4-8(7-17)12-9(14)6-15-16-12/h2-3,6,8H,4-5,7,14H2,1H3,(H,15,16). The molecule has 1 atom stereocenters. The van der Waals surface area contributed by atoms with Gasteiger partial charge in [-0.1, -0.05) is 0 Å². The summed E-state index contributed by atoms with van der Waals surface area (Å²) in [5.41, 5.74) is 7.39. The first-order valence-corrected chi connectivity index (χ1v) is 6.41. The number of ether oxygens (including phenoxy) is 1. The Morgan fingerprint density at radius 2 is 2.45 bits per heavy atom. The first kappa shape index (κ1) is 12.6. The molecule has 1 aliphatic rings. The lowest BCUT2D eigenvalue weighted by Crippen LogP contribution is -2.28. The molecule has 1 aliphatic heterocycles. The van der Waals surface area contributed by atoms with Crippen LogP contribution in [0.3, 0.4) is 0 Å². The molecule has 1 fully saturated rings. The first-order valence-electron chi connectivity index (χ1n) is 6.41. The Hall–Kier alpha value is -2.44. The van der Waals surface area contributed by atoms with Crippen molar-refractivity contribution in [2.24, 2.45) is 0 Å². The highest BCUT2D eigenvalue weighted by Crippen LogP contribution is 2.30. The summed E-state index contributed by atoms with van der Waals surface area (Å²) in [6.07, 6.45) is 2.45. The summed E-state index contributed by atoms with van der Waals surface area (Å²) in [6.45, 7) is 1.28. The molecule has 0 bridgehead atoms. The monoisotopic (exact) mass is 276 g/mol. The summed E-state index contributed by atoms with van der Waals surface area (Å²) in [5, 5.41) is 6.82. The van der Waals surface area contributed by atoms with E-state index >= 15 is 0 Å². The zero-order chi connectivity index (χ0) is 14.1. The Labute approximate surface area is 115 Å². The summed E-state index contributed by atoms with van der Waals surface area (Å²) in [5.74, 6) is 0.689. The largest absolute Gasteiger partial charge is 0.468 e. The smallest absolute Gasteiger partial charge is 0.289 e. The van der Waals surface area contributed by atoms with Crippen molar-refractivity contribution >= 4 is 11.6 Å². The van der Waals surface area contributed by atoms with E-state index in [-0.39, 0.29) is 11.8 Å². The number of methoxy groups -OCH3 is 1. The molecular weight excluding hydrogens is 260 g/mol. The number of amides is 1. The zero-order valence-electron chi connectivity index (χ0n) is 11.1. The molecule has 0 radical (unpaired) electrons. The highest BCUT2D eigenvalue weighted by Gasteiger charge is 2.31. The minimum Gasteiger partial charge on any atom is -0.468 e. The third-order valence-corrected chi connectivity index (χ3v) is 3.58. The molecule has 1 saturated heterocycles. The molecule has 1 unspecified atom stereocenters. The van der Waals surface area contributed by atoms with Crippen LogP contribution in [0.5, 0.6) is 5.95 Å². The van der Waals surface area contributed by atoms with E-state index in [0.29, 0.717) is 30.5 Å². The maximum Gasteiger partial charge on any atom is 0.289 e. The minimum atomic E-state index is -0.131. The van der Waals surface area contributed by atoms with Gasteiger partial charge in [0.15, 0.2) is 5.76 Å². The van der Waals surface area contributed by atoms with Crippen molar-refractivity contribution in [2.75, 3.05) is 25.9 Å². The predicted molar refractivity (Wildman–Crippen MR) is 71.5 cm³/mol. The van der Waals surface area contributed by atoms with Crippen LogP contribution in [0.15, 0.2) is 22.7 Å². The lowest BCUT2D eigenvalue weighted by atomic mass is 10.0. The average Bonchev–Trinajstić information content (AvgIpc) is 3.17. The van der Waals surface area contributed by atoms with Gasteiger partial charge in [-0.15, -0.1) is 0 Å². The number of hydrogen-bond donors (Lipinski definition) is 2. The molecule has 3 N–H and O–H groups in total. The number of carbonyl (C=O) groups is 1. The van der Waals surface area contributed by atoms with E-state index in [1.165, 1.54) is 7.11 Å². The van der Waals surface area contributed by atoms with Gasteiger partial charge in [-0.05, 0) is 12.5 Å². The van der Waals surface area contributed by atoms with Gasteiger partial charge in [0, 0.05) is 25.1 Å². The van der Waals surface area contributed by atoms with Crippen LogP contribution in [0.2, 0.25) is 0 Å². The second kappa shape index (κ2) is 4.92. The van der Waals surface area contributed by atoms with E-state index in [1.807, 2.05) is 0 Å². The molecule has 0 saturated carbocycles. The van der Waals surface area contributed by atoms with Crippen molar-refractivity contribution in [3.63, 3.8) is 0 Å². The number of aromatic amines is 1. The second-order valence-corrected chi connectivity index (χ2v) is 4.80. The van der Waals surface area contributed by atoms with Gasteiger partial charge in [0.1, 0.15) is 0 Å². The molecule has 7 nitrogen and oxygen atoms in total. The van der Waals surface area contributed by atoms with Gasteiger partial charge in [-0.25, -0.2) is 0 Å². The quantitative estimate of drug-likeness (QED) is 0.878. The molecule has 3 rings (SSSR count). The van der Waals surface area contributed by atoms with Crippen molar-refractivity contribution in [1.29, 1.82) is 0 Å². The number of anilines is 1.